The van der Waals surface area contributed by atoms with Crippen LogP contribution in [0.5, 0.6) is 5.75 Å². The summed E-state index contributed by atoms with van der Waals surface area (Å²) in [6, 6.07) is 9.32. The van der Waals surface area contributed by atoms with Gasteiger partial charge in [-0.2, -0.15) is 0 Å². The van der Waals surface area contributed by atoms with E-state index in [-0.39, 0.29) is 11.1 Å². The van der Waals surface area contributed by atoms with Crippen molar-refractivity contribution in [3.8, 4) is 5.75 Å². The Morgan fingerprint density at radius 3 is 2.28 bits per heavy atom. The van der Waals surface area contributed by atoms with E-state index in [2.05, 4.69) is 5.32 Å². The molecule has 2 rings (SSSR count). The molecule has 0 bridgehead atoms. The van der Waals surface area contributed by atoms with Crippen LogP contribution < -0.4 is 14.4 Å². The van der Waals surface area contributed by atoms with Crippen LogP contribution in [-0.4, -0.2) is 33.7 Å². The zero-order valence-corrected chi connectivity index (χ0v) is 19.1. The molecule has 1 N–H and O–H groups in total. The lowest BCUT2D eigenvalue weighted by atomic mass is 10.0. The third kappa shape index (κ3) is 5.42. The molecule has 29 heavy (non-hydrogen) atoms. The van der Waals surface area contributed by atoms with E-state index in [0.717, 1.165) is 21.7 Å². The molecule has 6 nitrogen and oxygen atoms in total. The molecule has 0 saturated carbocycles. The maximum absolute atomic E-state index is 12.9. The Bertz CT molecular complexity index is 1010. The van der Waals surface area contributed by atoms with Crippen molar-refractivity contribution in [1.82, 2.24) is 5.32 Å². The van der Waals surface area contributed by atoms with E-state index in [0.29, 0.717) is 11.4 Å². The highest BCUT2D eigenvalue weighted by molar-refractivity contribution is 7.92. The van der Waals surface area contributed by atoms with E-state index >= 15 is 0 Å². The summed E-state index contributed by atoms with van der Waals surface area (Å²) in [6.07, 6.45) is 1.06. The molecule has 2 aromatic carbocycles. The minimum atomic E-state index is -3.74. The highest BCUT2D eigenvalue weighted by atomic mass is 35.5. The van der Waals surface area contributed by atoms with Crippen LogP contribution >= 0.6 is 11.6 Å². The van der Waals surface area contributed by atoms with E-state index in [4.69, 9.17) is 16.3 Å². The van der Waals surface area contributed by atoms with Crippen LogP contribution in [-0.2, 0) is 14.8 Å². The van der Waals surface area contributed by atoms with Gasteiger partial charge < -0.3 is 10.1 Å². The van der Waals surface area contributed by atoms with Gasteiger partial charge in [-0.05, 0) is 62.6 Å². The number of anilines is 1. The monoisotopic (exact) mass is 438 g/mol. The number of sulfonamides is 1. The molecular weight excluding hydrogens is 412 g/mol. The van der Waals surface area contributed by atoms with Crippen LogP contribution in [0.4, 0.5) is 5.69 Å². The number of nitrogens with one attached hydrogen (secondary N) is 1. The number of amides is 1. The first-order valence-electron chi connectivity index (χ1n) is 9.16. The third-order valence-electron chi connectivity index (χ3n) is 4.87. The minimum absolute atomic E-state index is 0.259. The van der Waals surface area contributed by atoms with Gasteiger partial charge in [0.25, 0.3) is 0 Å². The van der Waals surface area contributed by atoms with Crippen LogP contribution in [0.25, 0.3) is 0 Å². The number of hydrogen-bond donors (Lipinski definition) is 1. The number of carbonyl (C=O) groups excluding carboxylic acids is 1. The summed E-state index contributed by atoms with van der Waals surface area (Å²) < 4.78 is 31.1. The fourth-order valence-corrected chi connectivity index (χ4v) is 4.47. The average molecular weight is 439 g/mol. The van der Waals surface area contributed by atoms with Gasteiger partial charge >= 0.3 is 0 Å². The molecule has 0 aliphatic rings. The fourth-order valence-electron chi connectivity index (χ4n) is 3.05. The Kier molecular flexibility index (Phi) is 7.19. The highest BCUT2D eigenvalue weighted by Gasteiger charge is 2.30. The number of halogens is 1. The fraction of sp³-hybridized carbons (Fsp3) is 0.381. The summed E-state index contributed by atoms with van der Waals surface area (Å²) in [7, 11) is -2.27. The van der Waals surface area contributed by atoms with Crippen molar-refractivity contribution in [3.05, 3.63) is 58.1 Å². The summed E-state index contributed by atoms with van der Waals surface area (Å²) >= 11 is 6.15. The number of aryl methyl sites for hydroxylation is 2. The number of rotatable bonds is 7. The lowest BCUT2D eigenvalue weighted by molar-refractivity contribution is -0.122. The second-order valence-electron chi connectivity index (χ2n) is 7.13. The smallest absolute Gasteiger partial charge is 0.244 e. The maximum atomic E-state index is 12.9. The summed E-state index contributed by atoms with van der Waals surface area (Å²) in [4.78, 5) is 12.9. The van der Waals surface area contributed by atoms with Crippen LogP contribution in [0.2, 0.25) is 5.02 Å². The molecule has 0 fully saturated rings. The van der Waals surface area contributed by atoms with E-state index in [1.165, 1.54) is 18.7 Å². The molecule has 158 valence electrons. The largest absolute Gasteiger partial charge is 0.495 e. The normalized spacial score (nSPS) is 13.5. The molecule has 8 heteroatoms. The molecule has 1 amide bonds. The van der Waals surface area contributed by atoms with E-state index in [1.54, 1.807) is 19.1 Å². The van der Waals surface area contributed by atoms with Gasteiger partial charge in [0.15, 0.2) is 0 Å². The first kappa shape index (κ1) is 23.0. The van der Waals surface area contributed by atoms with Crippen molar-refractivity contribution in [2.45, 2.75) is 39.8 Å². The van der Waals surface area contributed by atoms with E-state index in [9.17, 15) is 13.2 Å². The molecule has 0 radical (unpaired) electrons. The molecule has 0 aromatic heterocycles. The second kappa shape index (κ2) is 9.05. The molecule has 2 aromatic rings. The van der Waals surface area contributed by atoms with Gasteiger partial charge in [0, 0.05) is 0 Å². The van der Waals surface area contributed by atoms with Crippen molar-refractivity contribution in [3.63, 3.8) is 0 Å². The Morgan fingerprint density at radius 2 is 1.76 bits per heavy atom. The topological polar surface area (TPSA) is 75.7 Å². The Balaban J connectivity index is 2.29. The average Bonchev–Trinajstić information content (AvgIpc) is 2.63. The number of methoxy groups -OCH3 is 1. The molecule has 2 atom stereocenters. The minimum Gasteiger partial charge on any atom is -0.495 e. The molecule has 0 aliphatic carbocycles. The zero-order chi connectivity index (χ0) is 21.9. The van der Waals surface area contributed by atoms with Crippen molar-refractivity contribution in [2.75, 3.05) is 17.7 Å². The Labute approximate surface area is 177 Å². The molecule has 0 saturated heterocycles. The third-order valence-corrected chi connectivity index (χ3v) is 6.41. The van der Waals surface area contributed by atoms with Gasteiger partial charge in [0.2, 0.25) is 15.9 Å². The van der Waals surface area contributed by atoms with Crippen LogP contribution in [0, 0.1) is 13.8 Å². The van der Waals surface area contributed by atoms with Crippen LogP contribution in [0.15, 0.2) is 36.4 Å². The Hall–Kier alpha value is -2.25. The van der Waals surface area contributed by atoms with Crippen LogP contribution in [0.3, 0.4) is 0 Å². The van der Waals surface area contributed by atoms with E-state index in [1.807, 2.05) is 39.0 Å². The standard InChI is InChI=1S/C21H27ClN2O4S/c1-13-7-8-17(11-14(13)2)15(3)23-21(25)16(4)24(29(6,26)27)18-9-10-20(28-5)19(22)12-18/h7-12,15-16H,1-6H3,(H,23,25)/t15-,16-/m1/s1. The maximum Gasteiger partial charge on any atom is 0.244 e. The van der Waals surface area contributed by atoms with Crippen molar-refractivity contribution < 1.29 is 17.9 Å². The predicted molar refractivity (Wildman–Crippen MR) is 117 cm³/mol. The molecular formula is C21H27ClN2O4S. The first-order valence-corrected chi connectivity index (χ1v) is 11.4. The van der Waals surface area contributed by atoms with Crippen molar-refractivity contribution >= 4 is 33.2 Å². The number of benzene rings is 2. The molecule has 0 unspecified atom stereocenters. The number of nitrogens with zero attached hydrogens (tertiary/aromatic N) is 1. The summed E-state index contributed by atoms with van der Waals surface area (Å²) in [5, 5.41) is 3.16. The second-order valence-corrected chi connectivity index (χ2v) is 9.39. The number of carbonyl (C=O) groups is 1. The molecule has 0 aliphatic heterocycles. The quantitative estimate of drug-likeness (QED) is 0.708. The van der Waals surface area contributed by atoms with Gasteiger partial charge in [0.1, 0.15) is 11.8 Å². The van der Waals surface area contributed by atoms with Crippen molar-refractivity contribution in [2.24, 2.45) is 0 Å². The number of hydrogen-bond acceptors (Lipinski definition) is 4. The SMILES string of the molecule is COc1ccc(N([C@H](C)C(=O)N[C@H](C)c2ccc(C)c(C)c2)S(C)(=O)=O)cc1Cl. The lowest BCUT2D eigenvalue weighted by Crippen LogP contribution is -2.48. The van der Waals surface area contributed by atoms with Gasteiger partial charge in [-0.3, -0.25) is 9.10 Å². The first-order chi connectivity index (χ1) is 13.5. The number of ether oxygens (including phenoxy) is 1. The van der Waals surface area contributed by atoms with Gasteiger partial charge in [-0.15, -0.1) is 0 Å². The predicted octanol–water partition coefficient (Wildman–Crippen LogP) is 4.00. The summed E-state index contributed by atoms with van der Waals surface area (Å²) in [5.74, 6) is 0.0115. The van der Waals surface area contributed by atoms with Gasteiger partial charge in [-0.25, -0.2) is 8.42 Å². The Morgan fingerprint density at radius 1 is 1.10 bits per heavy atom. The zero-order valence-electron chi connectivity index (χ0n) is 17.5. The van der Waals surface area contributed by atoms with Crippen molar-refractivity contribution in [1.29, 1.82) is 0 Å². The summed E-state index contributed by atoms with van der Waals surface area (Å²) in [6.45, 7) is 7.44. The summed E-state index contributed by atoms with van der Waals surface area (Å²) in [5.41, 5.74) is 3.54. The molecule has 0 heterocycles. The van der Waals surface area contributed by atoms with Gasteiger partial charge in [-0.1, -0.05) is 29.8 Å². The lowest BCUT2D eigenvalue weighted by Gasteiger charge is -2.29. The highest BCUT2D eigenvalue weighted by Crippen LogP contribution is 2.31. The molecule has 0 spiro atoms. The van der Waals surface area contributed by atoms with Crippen LogP contribution in [0.1, 0.15) is 36.6 Å². The van der Waals surface area contributed by atoms with Gasteiger partial charge in [0.05, 0.1) is 30.1 Å². The van der Waals surface area contributed by atoms with E-state index < -0.39 is 22.0 Å².